The van der Waals surface area contributed by atoms with Crippen molar-refractivity contribution in [1.82, 2.24) is 0 Å². The summed E-state index contributed by atoms with van der Waals surface area (Å²) in [5.74, 6) is -0.443. The predicted octanol–water partition coefficient (Wildman–Crippen LogP) is 5.59. The average molecular weight is 385 g/mol. The van der Waals surface area contributed by atoms with Crippen LogP contribution in [0.2, 0.25) is 0 Å². The van der Waals surface area contributed by atoms with Crippen LogP contribution in [0.15, 0.2) is 96.6 Å². The van der Waals surface area contributed by atoms with Gasteiger partial charge in [0.2, 0.25) is 5.78 Å². The minimum absolute atomic E-state index is 0.0395. The maximum Gasteiger partial charge on any atom is 0.204 e. The summed E-state index contributed by atoms with van der Waals surface area (Å²) in [6.45, 7) is 0. The van der Waals surface area contributed by atoms with E-state index in [-0.39, 0.29) is 17.1 Å². The van der Waals surface area contributed by atoms with Crippen molar-refractivity contribution in [2.75, 3.05) is 0 Å². The molecule has 0 aromatic heterocycles. The van der Waals surface area contributed by atoms with E-state index in [2.05, 4.69) is 6.07 Å². The summed E-state index contributed by atoms with van der Waals surface area (Å²) in [6.07, 6.45) is 0. The van der Waals surface area contributed by atoms with Crippen LogP contribution in [0.25, 0.3) is 16.3 Å². The van der Waals surface area contributed by atoms with Gasteiger partial charge in [-0.3, -0.25) is 9.59 Å². The summed E-state index contributed by atoms with van der Waals surface area (Å²) >= 11 is 0. The smallest absolute Gasteiger partial charge is 0.204 e. The summed E-state index contributed by atoms with van der Waals surface area (Å²) in [7, 11) is 0. The summed E-state index contributed by atoms with van der Waals surface area (Å²) < 4.78 is 0. The van der Waals surface area contributed by atoms with Gasteiger partial charge in [-0.2, -0.15) is 5.26 Å². The van der Waals surface area contributed by atoms with E-state index >= 15 is 0 Å². The molecular weight excluding hydrogens is 370 g/mol. The van der Waals surface area contributed by atoms with E-state index in [1.54, 1.807) is 42.5 Å². The number of fused-ring (bicyclic) bond motifs is 4. The van der Waals surface area contributed by atoms with Crippen LogP contribution >= 0.6 is 0 Å². The number of ketones is 2. The van der Waals surface area contributed by atoms with Gasteiger partial charge in [0, 0.05) is 22.3 Å². The van der Waals surface area contributed by atoms with Crippen LogP contribution < -0.4 is 0 Å². The third kappa shape index (κ3) is 2.59. The Morgan fingerprint density at radius 2 is 1.37 bits per heavy atom. The lowest BCUT2D eigenvalue weighted by molar-refractivity contribution is 0.102. The molecule has 0 bridgehead atoms. The monoisotopic (exact) mass is 385 g/mol. The molecule has 0 aliphatic heterocycles. The van der Waals surface area contributed by atoms with Crippen molar-refractivity contribution in [2.45, 2.75) is 0 Å². The number of rotatable bonds is 2. The van der Waals surface area contributed by atoms with Crippen LogP contribution in [0.1, 0.15) is 37.4 Å². The molecule has 0 spiro atoms. The first-order chi connectivity index (χ1) is 14.7. The Morgan fingerprint density at radius 3 is 2.13 bits per heavy atom. The summed E-state index contributed by atoms with van der Waals surface area (Å²) in [5.41, 5.74) is 3.28. The zero-order chi connectivity index (χ0) is 20.7. The van der Waals surface area contributed by atoms with Crippen molar-refractivity contribution in [3.05, 3.63) is 124 Å². The molecule has 140 valence electrons. The molecule has 1 aliphatic carbocycles. The van der Waals surface area contributed by atoms with Crippen LogP contribution in [-0.4, -0.2) is 11.6 Å². The lowest BCUT2D eigenvalue weighted by Crippen LogP contribution is -2.17. The number of hydrogen-bond donors (Lipinski definition) is 0. The lowest BCUT2D eigenvalue weighted by Gasteiger charge is -2.24. The Labute approximate surface area is 173 Å². The van der Waals surface area contributed by atoms with E-state index in [9.17, 15) is 14.9 Å². The molecule has 4 aromatic rings. The highest BCUT2D eigenvalue weighted by Gasteiger charge is 2.32. The largest absolute Gasteiger partial charge is 0.289 e. The molecule has 0 saturated heterocycles. The van der Waals surface area contributed by atoms with Crippen molar-refractivity contribution in [3.8, 4) is 6.07 Å². The average Bonchev–Trinajstić information content (AvgIpc) is 2.81. The summed E-state index contributed by atoms with van der Waals surface area (Å²) in [6, 6.07) is 29.5. The van der Waals surface area contributed by atoms with Gasteiger partial charge in [-0.15, -0.1) is 0 Å². The van der Waals surface area contributed by atoms with Crippen LogP contribution in [0, 0.1) is 11.3 Å². The SMILES string of the molecule is N#CC(C(=O)c1ccccc1)=C1c2ccccc2C(=O)c2c1ccc1ccccc21. The van der Waals surface area contributed by atoms with Gasteiger partial charge in [-0.1, -0.05) is 91.0 Å². The first kappa shape index (κ1) is 17.8. The molecule has 1 aliphatic rings. The van der Waals surface area contributed by atoms with Gasteiger partial charge in [0.15, 0.2) is 5.78 Å². The zero-order valence-corrected chi connectivity index (χ0v) is 15.9. The number of Topliss-reactive ketones (excluding diaryl/α,β-unsaturated/α-hetero) is 1. The highest BCUT2D eigenvalue weighted by molar-refractivity contribution is 6.28. The maximum atomic E-state index is 13.4. The minimum Gasteiger partial charge on any atom is -0.289 e. The number of hydrogen-bond acceptors (Lipinski definition) is 3. The third-order valence-corrected chi connectivity index (χ3v) is 5.49. The highest BCUT2D eigenvalue weighted by atomic mass is 16.1. The van der Waals surface area contributed by atoms with Gasteiger partial charge in [0.05, 0.1) is 0 Å². The van der Waals surface area contributed by atoms with E-state index in [0.29, 0.717) is 33.4 Å². The maximum absolute atomic E-state index is 13.4. The Kier molecular flexibility index (Phi) is 4.12. The van der Waals surface area contributed by atoms with Gasteiger partial charge >= 0.3 is 0 Å². The van der Waals surface area contributed by atoms with Crippen LogP contribution in [-0.2, 0) is 0 Å². The molecular formula is C27H15NO2. The van der Waals surface area contributed by atoms with E-state index in [0.717, 1.165) is 10.8 Å². The molecule has 0 atom stereocenters. The Bertz CT molecular complexity index is 1420. The molecule has 4 aromatic carbocycles. The van der Waals surface area contributed by atoms with Gasteiger partial charge in [-0.05, 0) is 21.9 Å². The molecule has 0 unspecified atom stereocenters. The van der Waals surface area contributed by atoms with Crippen molar-refractivity contribution in [3.63, 3.8) is 0 Å². The quantitative estimate of drug-likeness (QED) is 0.226. The van der Waals surface area contributed by atoms with Crippen molar-refractivity contribution in [2.24, 2.45) is 0 Å². The number of carbonyl (C=O) groups is 2. The van der Waals surface area contributed by atoms with Gasteiger partial charge in [0.25, 0.3) is 0 Å². The molecule has 3 nitrogen and oxygen atoms in total. The van der Waals surface area contributed by atoms with Gasteiger partial charge < -0.3 is 0 Å². The second kappa shape index (κ2) is 6.95. The molecule has 30 heavy (non-hydrogen) atoms. The molecule has 0 N–H and O–H groups in total. The van der Waals surface area contributed by atoms with Gasteiger partial charge in [-0.25, -0.2) is 0 Å². The van der Waals surface area contributed by atoms with Crippen LogP contribution in [0.3, 0.4) is 0 Å². The van der Waals surface area contributed by atoms with E-state index in [4.69, 9.17) is 0 Å². The topological polar surface area (TPSA) is 57.9 Å². The van der Waals surface area contributed by atoms with Crippen LogP contribution in [0.5, 0.6) is 0 Å². The second-order valence-electron chi connectivity index (χ2n) is 7.14. The minimum atomic E-state index is -0.351. The van der Waals surface area contributed by atoms with E-state index < -0.39 is 0 Å². The zero-order valence-electron chi connectivity index (χ0n) is 15.9. The molecule has 0 saturated carbocycles. The highest BCUT2D eigenvalue weighted by Crippen LogP contribution is 2.41. The van der Waals surface area contributed by atoms with E-state index in [1.807, 2.05) is 48.5 Å². The second-order valence-corrected chi connectivity index (χ2v) is 7.14. The number of allylic oxidation sites excluding steroid dienone is 1. The normalized spacial score (nSPS) is 13.9. The Morgan fingerprint density at radius 1 is 0.700 bits per heavy atom. The fourth-order valence-corrected chi connectivity index (χ4v) is 4.13. The molecule has 0 amide bonds. The molecule has 0 fully saturated rings. The van der Waals surface area contributed by atoms with Crippen molar-refractivity contribution < 1.29 is 9.59 Å². The number of benzene rings is 4. The predicted molar refractivity (Wildman–Crippen MR) is 116 cm³/mol. The number of carbonyl (C=O) groups excluding carboxylic acids is 2. The van der Waals surface area contributed by atoms with Crippen molar-refractivity contribution >= 4 is 27.9 Å². The first-order valence-electron chi connectivity index (χ1n) is 9.61. The van der Waals surface area contributed by atoms with E-state index in [1.165, 1.54) is 0 Å². The Hall–Kier alpha value is -4.29. The molecule has 3 heteroatoms. The number of nitriles is 1. The van der Waals surface area contributed by atoms with Gasteiger partial charge in [0.1, 0.15) is 11.6 Å². The number of nitrogens with zero attached hydrogens (tertiary/aromatic N) is 1. The fourth-order valence-electron chi connectivity index (χ4n) is 4.13. The fraction of sp³-hybridized carbons (Fsp3) is 0. The van der Waals surface area contributed by atoms with Crippen LogP contribution in [0.4, 0.5) is 0 Å². The first-order valence-corrected chi connectivity index (χ1v) is 9.61. The standard InChI is InChI=1S/C27H15NO2/c28-16-23(26(29)18-9-2-1-3-10-18)24-20-12-6-7-13-21(20)27(30)25-19-11-5-4-8-17(19)14-15-22(24)25/h1-15H. The molecule has 0 heterocycles. The Balaban J connectivity index is 1.90. The van der Waals surface area contributed by atoms with Crippen molar-refractivity contribution in [1.29, 1.82) is 5.26 Å². The summed E-state index contributed by atoms with van der Waals surface area (Å²) in [4.78, 5) is 26.7. The molecule has 5 rings (SSSR count). The lowest BCUT2D eigenvalue weighted by atomic mass is 9.77. The summed E-state index contributed by atoms with van der Waals surface area (Å²) in [5, 5.41) is 11.8. The third-order valence-electron chi connectivity index (χ3n) is 5.49. The molecule has 0 radical (unpaired) electrons.